The van der Waals surface area contributed by atoms with Crippen LogP contribution in [0.3, 0.4) is 0 Å². The molecule has 0 saturated carbocycles. The summed E-state index contributed by atoms with van der Waals surface area (Å²) in [7, 11) is -2.22. The summed E-state index contributed by atoms with van der Waals surface area (Å²) in [5.74, 6) is 1.96. The smallest absolute Gasteiger partial charge is 0.144 e. The third-order valence-electron chi connectivity index (χ3n) is 0.506. The van der Waals surface area contributed by atoms with Gasteiger partial charge in [-0.15, -0.1) is 13.8 Å². The topological polar surface area (TPSA) is 46.5 Å². The van der Waals surface area contributed by atoms with Crippen molar-refractivity contribution in [2.75, 3.05) is 0 Å². The maximum Gasteiger partial charge on any atom is 0.695 e. The zero-order valence-corrected chi connectivity index (χ0v) is 7.56. The van der Waals surface area contributed by atoms with Crippen molar-refractivity contribution < 1.29 is 18.4 Å². The van der Waals surface area contributed by atoms with Crippen molar-refractivity contribution in [3.8, 4) is 12.1 Å². The molecule has 2 atom stereocenters. The lowest BCUT2D eigenvalue weighted by Gasteiger charge is -1.86. The second kappa shape index (κ2) is 4.59. The molecule has 0 amide bonds. The molecule has 0 heterocycles. The van der Waals surface area contributed by atoms with E-state index in [0.717, 1.165) is 6.17 Å². The molecule has 0 aliphatic heterocycles. The lowest BCUT2D eigenvalue weighted by atomic mass is 10.7. The fraction of sp³-hybridized carbons (Fsp3) is 0.333. The first kappa shape index (κ1) is 8.73. The summed E-state index contributed by atoms with van der Waals surface area (Å²) in [6, 6.07) is 0. The Hall–Kier alpha value is -0.273. The highest BCUT2D eigenvalue weighted by Crippen LogP contribution is 2.15. The Morgan fingerprint density at radius 1 is 1.89 bits per heavy atom. The molecule has 9 heavy (non-hydrogen) atoms. The van der Waals surface area contributed by atoms with Gasteiger partial charge in [-0.1, -0.05) is 0 Å². The molecular weight excluding hydrogens is 162 g/mol. The first-order valence-corrected chi connectivity index (χ1v) is 4.39. The van der Waals surface area contributed by atoms with Gasteiger partial charge in [-0.3, -0.25) is 0 Å². The average molecular weight is 167 g/mol. The van der Waals surface area contributed by atoms with Gasteiger partial charge in [-0.25, -0.2) is 0 Å². The maximum atomic E-state index is 11.1. The Bertz CT molecular complexity index is 162. The van der Waals surface area contributed by atoms with Crippen molar-refractivity contribution in [1.29, 1.82) is 0 Å². The summed E-state index contributed by atoms with van der Waals surface area (Å²) in [6.07, 6.45) is 1.09. The van der Waals surface area contributed by atoms with Crippen LogP contribution in [0.5, 0.6) is 0 Å². The van der Waals surface area contributed by atoms with Crippen molar-refractivity contribution in [2.24, 2.45) is 0 Å². The minimum absolute atomic E-state index is 0.417. The van der Waals surface area contributed by atoms with Crippen molar-refractivity contribution >= 4 is 18.5 Å². The predicted octanol–water partition coefficient (Wildman–Crippen LogP) is -0.725. The van der Waals surface area contributed by atoms with E-state index >= 15 is 0 Å². The lowest BCUT2D eigenvalue weighted by Crippen LogP contribution is -2.03. The molecule has 0 fully saturated rings. The van der Waals surface area contributed by atoms with Crippen LogP contribution in [0.1, 0.15) is 0 Å². The van der Waals surface area contributed by atoms with Crippen LogP contribution < -0.4 is 0 Å². The fourth-order valence-corrected chi connectivity index (χ4v) is 1.21. The number of hydrogen-bond acceptors (Lipinski definition) is 2. The molecule has 0 radical (unpaired) electrons. The SMILES string of the molecule is O=[P+](O)OC([SiH3])C#CF. The number of hydrogen-bond donors (Lipinski definition) is 1. The van der Waals surface area contributed by atoms with Gasteiger partial charge in [0.1, 0.15) is 6.17 Å². The minimum atomic E-state index is -2.64. The number of rotatable bonds is 2. The van der Waals surface area contributed by atoms with Crippen LogP contribution >= 0.6 is 8.25 Å². The van der Waals surface area contributed by atoms with Gasteiger partial charge in [0, 0.05) is 4.57 Å². The molecule has 0 saturated heterocycles. The molecule has 2 unspecified atom stereocenters. The molecule has 1 N–H and O–H groups in total. The van der Waals surface area contributed by atoms with E-state index in [-0.39, 0.29) is 0 Å². The standard InChI is InChI=1S/C3H4FO3PSi/c4-2-1-3(9)7-8(5)6/h3H,9H3/p+1. The van der Waals surface area contributed by atoms with Crippen LogP contribution in [0.4, 0.5) is 4.39 Å². The minimum Gasteiger partial charge on any atom is -0.144 e. The quantitative estimate of drug-likeness (QED) is 0.335. The first-order valence-electron chi connectivity index (χ1n) is 2.11. The van der Waals surface area contributed by atoms with Crippen LogP contribution in [0.2, 0.25) is 0 Å². The largest absolute Gasteiger partial charge is 0.695 e. The van der Waals surface area contributed by atoms with Crippen LogP contribution in [0.15, 0.2) is 0 Å². The molecule has 0 aromatic heterocycles. The maximum absolute atomic E-state index is 11.1. The monoisotopic (exact) mass is 167 g/mol. The first-order chi connectivity index (χ1) is 4.16. The Kier molecular flexibility index (Phi) is 4.45. The van der Waals surface area contributed by atoms with Gasteiger partial charge >= 0.3 is 8.25 Å². The summed E-state index contributed by atoms with van der Waals surface area (Å²) in [6.45, 7) is 0. The molecule has 0 aliphatic carbocycles. The molecule has 6 heteroatoms. The second-order valence-electron chi connectivity index (χ2n) is 1.22. The predicted molar refractivity (Wildman–Crippen MR) is 33.5 cm³/mol. The molecular formula is C3H5FO3PSi+. The normalized spacial score (nSPS) is 13.8. The van der Waals surface area contributed by atoms with E-state index in [4.69, 9.17) is 4.89 Å². The summed E-state index contributed by atoms with van der Waals surface area (Å²) in [5, 5.41) is 0. The van der Waals surface area contributed by atoms with Gasteiger partial charge < -0.3 is 0 Å². The molecule has 3 nitrogen and oxygen atoms in total. The van der Waals surface area contributed by atoms with Crippen molar-refractivity contribution in [2.45, 2.75) is 5.73 Å². The van der Waals surface area contributed by atoms with Crippen molar-refractivity contribution in [3.05, 3.63) is 0 Å². The van der Waals surface area contributed by atoms with Gasteiger partial charge in [0.25, 0.3) is 0 Å². The van der Waals surface area contributed by atoms with Crippen molar-refractivity contribution in [3.63, 3.8) is 0 Å². The Labute approximate surface area is 55.6 Å². The third kappa shape index (κ3) is 5.60. The molecule has 0 spiro atoms. The van der Waals surface area contributed by atoms with Crippen LogP contribution in [0, 0.1) is 12.1 Å². The summed E-state index contributed by atoms with van der Waals surface area (Å²) in [5.41, 5.74) is -0.691. The zero-order chi connectivity index (χ0) is 7.28. The summed E-state index contributed by atoms with van der Waals surface area (Å²) < 4.78 is 25.1. The Morgan fingerprint density at radius 2 is 2.44 bits per heavy atom. The molecule has 0 rings (SSSR count). The molecule has 0 bridgehead atoms. The number of halogens is 1. The Morgan fingerprint density at radius 3 is 2.78 bits per heavy atom. The Balaban J connectivity index is 3.59. The van der Waals surface area contributed by atoms with Gasteiger partial charge in [0.2, 0.25) is 0 Å². The highest BCUT2D eigenvalue weighted by molar-refractivity contribution is 7.32. The van der Waals surface area contributed by atoms with Crippen LogP contribution in [-0.2, 0) is 9.09 Å². The lowest BCUT2D eigenvalue weighted by molar-refractivity contribution is 0.292. The van der Waals surface area contributed by atoms with E-state index in [9.17, 15) is 8.96 Å². The third-order valence-corrected chi connectivity index (χ3v) is 1.92. The average Bonchev–Trinajstić information content (AvgIpc) is 1.63. The van der Waals surface area contributed by atoms with Gasteiger partial charge in [0.15, 0.2) is 5.73 Å². The van der Waals surface area contributed by atoms with E-state index < -0.39 is 14.0 Å². The summed E-state index contributed by atoms with van der Waals surface area (Å²) >= 11 is 0. The molecule has 50 valence electrons. The van der Waals surface area contributed by atoms with Gasteiger partial charge in [-0.05, 0) is 5.92 Å². The molecule has 0 aromatic carbocycles. The van der Waals surface area contributed by atoms with E-state index in [2.05, 4.69) is 4.52 Å². The van der Waals surface area contributed by atoms with Gasteiger partial charge in [-0.2, -0.15) is 0 Å². The van der Waals surface area contributed by atoms with Crippen LogP contribution in [0.25, 0.3) is 0 Å². The molecule has 0 aliphatic rings. The van der Waals surface area contributed by atoms with Crippen LogP contribution in [-0.4, -0.2) is 20.9 Å². The van der Waals surface area contributed by atoms with E-state index in [1.54, 1.807) is 0 Å². The second-order valence-corrected chi connectivity index (χ2v) is 2.96. The van der Waals surface area contributed by atoms with E-state index in [1.165, 1.54) is 0 Å². The van der Waals surface area contributed by atoms with E-state index in [0.29, 0.717) is 10.2 Å². The molecule has 0 aromatic rings. The van der Waals surface area contributed by atoms with Gasteiger partial charge in [0.05, 0.1) is 10.2 Å². The summed E-state index contributed by atoms with van der Waals surface area (Å²) in [4.78, 5) is 8.07. The van der Waals surface area contributed by atoms with E-state index in [1.807, 2.05) is 5.92 Å². The highest BCUT2D eigenvalue weighted by atomic mass is 31.1. The van der Waals surface area contributed by atoms with Crippen molar-refractivity contribution in [1.82, 2.24) is 0 Å². The highest BCUT2D eigenvalue weighted by Gasteiger charge is 2.16. The fourth-order valence-electron chi connectivity index (χ4n) is 0.238. The zero-order valence-electron chi connectivity index (χ0n) is 4.67.